The number of hydrogen-bond acceptors (Lipinski definition) is 5. The average Bonchev–Trinajstić information content (AvgIpc) is 3.00. The first-order chi connectivity index (χ1) is 20.6. The fourth-order valence-corrected chi connectivity index (χ4v) is 4.46. The van der Waals surface area contributed by atoms with Gasteiger partial charge in [0.05, 0.1) is 29.9 Å². The number of aromatic nitrogens is 2. The van der Waals surface area contributed by atoms with Gasteiger partial charge in [0.2, 0.25) is 5.69 Å². The predicted octanol–water partition coefficient (Wildman–Crippen LogP) is 7.50. The number of carbonyl (C=O) groups is 2. The van der Waals surface area contributed by atoms with Crippen molar-refractivity contribution in [3.63, 3.8) is 0 Å². The Balaban J connectivity index is 0.000000782. The van der Waals surface area contributed by atoms with Gasteiger partial charge in [-0.1, -0.05) is 48.5 Å². The Labute approximate surface area is 245 Å². The van der Waals surface area contributed by atoms with Gasteiger partial charge >= 0.3 is 19.2 Å². The first-order valence-corrected chi connectivity index (χ1v) is 13.4. The molecule has 0 N–H and O–H groups in total. The number of halogens is 4. The molecule has 0 aliphatic rings. The van der Waals surface area contributed by atoms with Crippen molar-refractivity contribution < 1.29 is 41.0 Å². The van der Waals surface area contributed by atoms with Gasteiger partial charge in [-0.3, -0.25) is 0 Å². The standard InChI is InChI=1S/C32H27N2O4.BF4/c1-3-37-31(35)24-15-18-26(19-16-24)34-30(23-13-9-6-10-14-23)29(22-11-7-5-8-12-22)27-21-25(32(36)38-4-2)17-20-28(27)33-34;2-1(3,4)5/h5-21H,3-4H2,1-2H3;/q+1;-1. The van der Waals surface area contributed by atoms with Gasteiger partial charge in [-0.25, -0.2) is 9.59 Å². The van der Waals surface area contributed by atoms with E-state index in [-0.39, 0.29) is 11.9 Å². The third-order valence-corrected chi connectivity index (χ3v) is 6.17. The van der Waals surface area contributed by atoms with Gasteiger partial charge in [0.25, 0.3) is 5.69 Å². The Bertz CT molecular complexity index is 1710. The van der Waals surface area contributed by atoms with Crippen molar-refractivity contribution >= 4 is 30.1 Å². The lowest BCUT2D eigenvalue weighted by molar-refractivity contribution is -0.645. The van der Waals surface area contributed by atoms with Gasteiger partial charge in [0.15, 0.2) is 0 Å². The van der Waals surface area contributed by atoms with Crippen molar-refractivity contribution in [3.8, 4) is 28.1 Å². The summed E-state index contributed by atoms with van der Waals surface area (Å²) in [6, 6.07) is 32.7. The van der Waals surface area contributed by atoms with Gasteiger partial charge in [-0.05, 0) is 66.6 Å². The van der Waals surface area contributed by atoms with Crippen LogP contribution in [0.25, 0.3) is 39.0 Å². The van der Waals surface area contributed by atoms with Crippen LogP contribution in [0.15, 0.2) is 103 Å². The molecule has 0 fully saturated rings. The van der Waals surface area contributed by atoms with Gasteiger partial charge in [0, 0.05) is 28.2 Å². The number of carbonyl (C=O) groups excluding carboxylic acids is 2. The number of benzene rings is 4. The van der Waals surface area contributed by atoms with Gasteiger partial charge in [-0.15, -0.1) is 0 Å². The maximum absolute atomic E-state index is 12.6. The van der Waals surface area contributed by atoms with Crippen molar-refractivity contribution in [1.82, 2.24) is 5.10 Å². The number of esters is 2. The lowest BCUT2D eigenvalue weighted by Crippen LogP contribution is -2.38. The summed E-state index contributed by atoms with van der Waals surface area (Å²) < 4.78 is 51.3. The van der Waals surface area contributed by atoms with Crippen LogP contribution in [0.4, 0.5) is 17.3 Å². The highest BCUT2D eigenvalue weighted by atomic mass is 19.5. The molecule has 5 rings (SSSR count). The summed E-state index contributed by atoms with van der Waals surface area (Å²) in [5.74, 6) is -0.740. The monoisotopic (exact) mass is 590 g/mol. The third-order valence-electron chi connectivity index (χ3n) is 6.17. The van der Waals surface area contributed by atoms with Crippen LogP contribution in [0.3, 0.4) is 0 Å². The van der Waals surface area contributed by atoms with E-state index in [0.29, 0.717) is 29.9 Å². The minimum Gasteiger partial charge on any atom is -0.462 e. The minimum absolute atomic E-state index is 0.298. The number of nitrogens with zero attached hydrogens (tertiary/aromatic N) is 2. The number of ether oxygens (including phenoxy) is 2. The van der Waals surface area contributed by atoms with Crippen LogP contribution in [0.5, 0.6) is 0 Å². The molecule has 0 atom stereocenters. The summed E-state index contributed by atoms with van der Waals surface area (Å²) in [5, 5.41) is 5.85. The topological polar surface area (TPSA) is 69.4 Å². The van der Waals surface area contributed by atoms with E-state index in [0.717, 1.165) is 33.5 Å². The zero-order valence-electron chi connectivity index (χ0n) is 23.3. The number of fused-ring (bicyclic) bond motifs is 1. The van der Waals surface area contributed by atoms with E-state index in [1.807, 2.05) is 89.6 Å². The summed E-state index contributed by atoms with van der Waals surface area (Å²) in [7, 11) is -6.00. The van der Waals surface area contributed by atoms with Gasteiger partial charge < -0.3 is 26.7 Å². The second-order valence-electron chi connectivity index (χ2n) is 9.08. The lowest BCUT2D eigenvalue weighted by Gasteiger charge is -2.13. The summed E-state index contributed by atoms with van der Waals surface area (Å²) in [5.41, 5.74) is 6.16. The first-order valence-electron chi connectivity index (χ1n) is 13.4. The molecule has 0 amide bonds. The Kier molecular flexibility index (Phi) is 9.87. The van der Waals surface area contributed by atoms with Crippen molar-refractivity contribution in [2.45, 2.75) is 13.8 Å². The number of rotatable bonds is 7. The Morgan fingerprint density at radius 1 is 0.698 bits per heavy atom. The van der Waals surface area contributed by atoms with E-state index in [1.54, 1.807) is 32.0 Å². The van der Waals surface area contributed by atoms with E-state index in [9.17, 15) is 26.9 Å². The van der Waals surface area contributed by atoms with Crippen LogP contribution in [0.2, 0.25) is 0 Å². The van der Waals surface area contributed by atoms with Crippen molar-refractivity contribution in [2.24, 2.45) is 0 Å². The molecule has 0 saturated heterocycles. The van der Waals surface area contributed by atoms with E-state index in [4.69, 9.17) is 14.6 Å². The summed E-state index contributed by atoms with van der Waals surface area (Å²) in [6.07, 6.45) is 0. The molecule has 0 spiro atoms. The third kappa shape index (κ3) is 7.82. The maximum Gasteiger partial charge on any atom is 0.673 e. The molecule has 0 unspecified atom stereocenters. The van der Waals surface area contributed by atoms with Crippen LogP contribution in [-0.2, 0) is 9.47 Å². The molecule has 5 aromatic rings. The molecular formula is C32H27BF4N2O4. The zero-order valence-corrected chi connectivity index (χ0v) is 23.3. The van der Waals surface area contributed by atoms with Gasteiger partial charge in [-0.2, -0.15) is 0 Å². The molecule has 1 aromatic heterocycles. The molecule has 0 aliphatic carbocycles. The SMILES string of the molecule is CCOC(=O)c1ccc(-[n+]2nc3ccc(C(=O)OCC)cc3c(-c3ccccc3)c2-c2ccccc2)cc1.F[B-](F)(F)F. The molecule has 0 bridgehead atoms. The normalized spacial score (nSPS) is 10.9. The van der Waals surface area contributed by atoms with Crippen LogP contribution in [0, 0.1) is 0 Å². The molecule has 6 nitrogen and oxygen atoms in total. The first kappa shape index (κ1) is 30.9. The summed E-state index contributed by atoms with van der Waals surface area (Å²) in [4.78, 5) is 24.9. The van der Waals surface area contributed by atoms with Crippen LogP contribution >= 0.6 is 0 Å². The summed E-state index contributed by atoms with van der Waals surface area (Å²) in [6.45, 7) is 4.19. The van der Waals surface area contributed by atoms with E-state index in [2.05, 4.69) is 0 Å². The van der Waals surface area contributed by atoms with Gasteiger partial charge in [0.1, 0.15) is 5.52 Å². The molecule has 0 aliphatic heterocycles. The lowest BCUT2D eigenvalue weighted by atomic mass is 9.94. The Morgan fingerprint density at radius 2 is 1.19 bits per heavy atom. The predicted molar refractivity (Wildman–Crippen MR) is 156 cm³/mol. The van der Waals surface area contributed by atoms with Crippen molar-refractivity contribution in [1.29, 1.82) is 0 Å². The molecule has 220 valence electrons. The van der Waals surface area contributed by atoms with E-state index in [1.165, 1.54) is 0 Å². The zero-order chi connectivity index (χ0) is 31.0. The minimum atomic E-state index is -6.00. The molecule has 0 saturated carbocycles. The molecule has 1 heterocycles. The molecule has 4 aromatic carbocycles. The molecular weight excluding hydrogens is 563 g/mol. The van der Waals surface area contributed by atoms with Crippen LogP contribution < -0.4 is 4.68 Å². The Hall–Kier alpha value is -5.06. The second-order valence-corrected chi connectivity index (χ2v) is 9.08. The highest BCUT2D eigenvalue weighted by molar-refractivity contribution is 6.50. The molecule has 0 radical (unpaired) electrons. The highest BCUT2D eigenvalue weighted by Crippen LogP contribution is 2.36. The van der Waals surface area contributed by atoms with Crippen molar-refractivity contribution in [3.05, 3.63) is 114 Å². The summed E-state index contributed by atoms with van der Waals surface area (Å²) >= 11 is 0. The fourth-order valence-electron chi connectivity index (χ4n) is 4.46. The average molecular weight is 590 g/mol. The maximum atomic E-state index is 12.6. The second kappa shape index (κ2) is 13.7. The smallest absolute Gasteiger partial charge is 0.462 e. The highest BCUT2D eigenvalue weighted by Gasteiger charge is 2.28. The van der Waals surface area contributed by atoms with Crippen molar-refractivity contribution in [2.75, 3.05) is 13.2 Å². The van der Waals surface area contributed by atoms with E-state index < -0.39 is 7.25 Å². The fraction of sp³-hybridized carbons (Fsp3) is 0.125. The molecule has 11 heteroatoms. The largest absolute Gasteiger partial charge is 0.673 e. The number of hydrogen-bond donors (Lipinski definition) is 0. The van der Waals surface area contributed by atoms with E-state index >= 15 is 0 Å². The van der Waals surface area contributed by atoms with Crippen LogP contribution in [0.1, 0.15) is 34.6 Å². The Morgan fingerprint density at radius 3 is 1.72 bits per heavy atom. The van der Waals surface area contributed by atoms with Crippen LogP contribution in [-0.4, -0.2) is 37.5 Å². The molecule has 43 heavy (non-hydrogen) atoms. The quantitative estimate of drug-likeness (QED) is 0.0850.